The molecule has 22 heavy (non-hydrogen) atoms. The second-order valence-electron chi connectivity index (χ2n) is 5.58. The Kier molecular flexibility index (Phi) is 5.59. The van der Waals surface area contributed by atoms with E-state index in [1.165, 1.54) is 5.56 Å². The SMILES string of the molecule is Cc1ccccc1O[C@@H](C)C(=O)NC[C@@H](C)c1ccccc1. The van der Waals surface area contributed by atoms with Crippen LogP contribution in [0.5, 0.6) is 5.75 Å². The van der Waals surface area contributed by atoms with Crippen LogP contribution in [-0.2, 0) is 4.79 Å². The van der Waals surface area contributed by atoms with Crippen LogP contribution in [0, 0.1) is 6.92 Å². The van der Waals surface area contributed by atoms with Gasteiger partial charge in [0.1, 0.15) is 5.75 Å². The molecule has 2 aromatic rings. The number of para-hydroxylation sites is 1. The average Bonchev–Trinajstić information content (AvgIpc) is 2.55. The highest BCUT2D eigenvalue weighted by molar-refractivity contribution is 5.80. The van der Waals surface area contributed by atoms with Crippen LogP contribution >= 0.6 is 0 Å². The van der Waals surface area contributed by atoms with E-state index in [4.69, 9.17) is 4.74 Å². The van der Waals surface area contributed by atoms with Gasteiger partial charge in [0.25, 0.3) is 5.91 Å². The summed E-state index contributed by atoms with van der Waals surface area (Å²) in [4.78, 5) is 12.2. The number of ether oxygens (including phenoxy) is 1. The first-order valence-electron chi connectivity index (χ1n) is 7.63. The lowest BCUT2D eigenvalue weighted by Gasteiger charge is -2.18. The van der Waals surface area contributed by atoms with Crippen molar-refractivity contribution in [3.63, 3.8) is 0 Å². The molecular formula is C19H23NO2. The van der Waals surface area contributed by atoms with E-state index in [0.717, 1.165) is 11.3 Å². The number of aryl methyl sites for hydroxylation is 1. The van der Waals surface area contributed by atoms with Crippen LogP contribution in [0.1, 0.15) is 30.9 Å². The maximum atomic E-state index is 12.2. The lowest BCUT2D eigenvalue weighted by molar-refractivity contribution is -0.127. The van der Waals surface area contributed by atoms with Gasteiger partial charge < -0.3 is 10.1 Å². The summed E-state index contributed by atoms with van der Waals surface area (Å²) in [5.41, 5.74) is 2.25. The number of hydrogen-bond acceptors (Lipinski definition) is 2. The molecule has 0 fully saturated rings. The van der Waals surface area contributed by atoms with Crippen molar-refractivity contribution in [2.75, 3.05) is 6.54 Å². The predicted molar refractivity (Wildman–Crippen MR) is 89.1 cm³/mol. The molecule has 0 saturated carbocycles. The Hall–Kier alpha value is -2.29. The molecular weight excluding hydrogens is 274 g/mol. The van der Waals surface area contributed by atoms with Crippen LogP contribution in [0.3, 0.4) is 0 Å². The van der Waals surface area contributed by atoms with Crippen molar-refractivity contribution in [1.82, 2.24) is 5.32 Å². The van der Waals surface area contributed by atoms with E-state index in [1.54, 1.807) is 6.92 Å². The number of carbonyl (C=O) groups is 1. The molecule has 2 aromatic carbocycles. The Morgan fingerprint density at radius 3 is 2.36 bits per heavy atom. The normalized spacial score (nSPS) is 13.2. The minimum Gasteiger partial charge on any atom is -0.481 e. The molecule has 1 amide bonds. The number of nitrogens with one attached hydrogen (secondary N) is 1. The van der Waals surface area contributed by atoms with E-state index in [-0.39, 0.29) is 11.8 Å². The van der Waals surface area contributed by atoms with Gasteiger partial charge in [-0.25, -0.2) is 0 Å². The summed E-state index contributed by atoms with van der Waals surface area (Å²) in [6.45, 7) is 6.44. The van der Waals surface area contributed by atoms with Gasteiger partial charge in [0.15, 0.2) is 6.10 Å². The first kappa shape index (κ1) is 16.1. The van der Waals surface area contributed by atoms with Gasteiger partial charge in [0.2, 0.25) is 0 Å². The number of amides is 1. The predicted octanol–water partition coefficient (Wildman–Crippen LogP) is 3.68. The number of benzene rings is 2. The van der Waals surface area contributed by atoms with Crippen molar-refractivity contribution >= 4 is 5.91 Å². The van der Waals surface area contributed by atoms with E-state index in [2.05, 4.69) is 24.4 Å². The molecule has 3 nitrogen and oxygen atoms in total. The fraction of sp³-hybridized carbons (Fsp3) is 0.316. The monoisotopic (exact) mass is 297 g/mol. The van der Waals surface area contributed by atoms with Gasteiger partial charge in [-0.05, 0) is 37.0 Å². The molecule has 1 N–H and O–H groups in total. The van der Waals surface area contributed by atoms with Crippen molar-refractivity contribution in [3.8, 4) is 5.75 Å². The molecule has 0 aliphatic carbocycles. The minimum absolute atomic E-state index is 0.0916. The molecule has 2 rings (SSSR count). The third kappa shape index (κ3) is 4.35. The maximum Gasteiger partial charge on any atom is 0.260 e. The van der Waals surface area contributed by atoms with Crippen molar-refractivity contribution in [2.45, 2.75) is 32.8 Å². The lowest BCUT2D eigenvalue weighted by atomic mass is 10.0. The molecule has 0 unspecified atom stereocenters. The summed E-state index contributed by atoms with van der Waals surface area (Å²) in [6.07, 6.45) is -0.510. The summed E-state index contributed by atoms with van der Waals surface area (Å²) >= 11 is 0. The van der Waals surface area contributed by atoms with Gasteiger partial charge in [-0.3, -0.25) is 4.79 Å². The average molecular weight is 297 g/mol. The zero-order chi connectivity index (χ0) is 15.9. The largest absolute Gasteiger partial charge is 0.481 e. The van der Waals surface area contributed by atoms with Crippen LogP contribution in [0.2, 0.25) is 0 Å². The van der Waals surface area contributed by atoms with Gasteiger partial charge in [-0.2, -0.15) is 0 Å². The van der Waals surface area contributed by atoms with E-state index in [0.29, 0.717) is 6.54 Å². The summed E-state index contributed by atoms with van der Waals surface area (Å²) in [5.74, 6) is 0.933. The van der Waals surface area contributed by atoms with Gasteiger partial charge in [0, 0.05) is 6.54 Å². The quantitative estimate of drug-likeness (QED) is 0.883. The molecule has 0 bridgehead atoms. The summed E-state index contributed by atoms with van der Waals surface area (Å²) in [5, 5.41) is 2.96. The molecule has 116 valence electrons. The Balaban J connectivity index is 1.85. The first-order chi connectivity index (χ1) is 10.6. The maximum absolute atomic E-state index is 12.2. The fourth-order valence-corrected chi connectivity index (χ4v) is 2.23. The topological polar surface area (TPSA) is 38.3 Å². The molecule has 3 heteroatoms. The van der Waals surface area contributed by atoms with E-state index < -0.39 is 6.10 Å². The number of hydrogen-bond donors (Lipinski definition) is 1. The third-order valence-electron chi connectivity index (χ3n) is 3.72. The molecule has 0 aromatic heterocycles. The van der Waals surface area contributed by atoms with Crippen molar-refractivity contribution in [1.29, 1.82) is 0 Å². The van der Waals surface area contributed by atoms with Gasteiger partial charge >= 0.3 is 0 Å². The number of carbonyl (C=O) groups excluding carboxylic acids is 1. The van der Waals surface area contributed by atoms with Crippen molar-refractivity contribution in [3.05, 3.63) is 65.7 Å². The minimum atomic E-state index is -0.510. The lowest BCUT2D eigenvalue weighted by Crippen LogP contribution is -2.38. The highest BCUT2D eigenvalue weighted by atomic mass is 16.5. The molecule has 2 atom stereocenters. The molecule has 0 saturated heterocycles. The van der Waals surface area contributed by atoms with Crippen LogP contribution in [0.4, 0.5) is 0 Å². The van der Waals surface area contributed by atoms with Gasteiger partial charge in [0.05, 0.1) is 0 Å². The summed E-state index contributed by atoms with van der Waals surface area (Å²) in [6, 6.07) is 17.9. The third-order valence-corrected chi connectivity index (χ3v) is 3.72. The van der Waals surface area contributed by atoms with E-state index in [1.807, 2.05) is 49.4 Å². The zero-order valence-electron chi connectivity index (χ0n) is 13.4. The second kappa shape index (κ2) is 7.64. The van der Waals surface area contributed by atoms with Crippen molar-refractivity contribution < 1.29 is 9.53 Å². The summed E-state index contributed by atoms with van der Waals surface area (Å²) < 4.78 is 5.73. The standard InChI is InChI=1S/C19H23NO2/c1-14-9-7-8-12-18(14)22-16(3)19(21)20-13-15(2)17-10-5-4-6-11-17/h4-12,15-16H,13H2,1-3H3,(H,20,21)/t15-,16+/m1/s1. The van der Waals surface area contributed by atoms with Crippen LogP contribution in [0.25, 0.3) is 0 Å². The Morgan fingerprint density at radius 1 is 1.05 bits per heavy atom. The van der Waals surface area contributed by atoms with Gasteiger partial charge in [-0.15, -0.1) is 0 Å². The summed E-state index contributed by atoms with van der Waals surface area (Å²) in [7, 11) is 0. The molecule has 0 radical (unpaired) electrons. The fourth-order valence-electron chi connectivity index (χ4n) is 2.23. The Bertz CT molecular complexity index is 610. The van der Waals surface area contributed by atoms with E-state index >= 15 is 0 Å². The zero-order valence-corrected chi connectivity index (χ0v) is 13.4. The van der Waals surface area contributed by atoms with Crippen LogP contribution < -0.4 is 10.1 Å². The van der Waals surface area contributed by atoms with Crippen LogP contribution in [-0.4, -0.2) is 18.6 Å². The molecule has 0 aliphatic heterocycles. The molecule has 0 aliphatic rings. The second-order valence-corrected chi connectivity index (χ2v) is 5.58. The number of rotatable bonds is 6. The van der Waals surface area contributed by atoms with Crippen LogP contribution in [0.15, 0.2) is 54.6 Å². The highest BCUT2D eigenvalue weighted by Gasteiger charge is 2.16. The Morgan fingerprint density at radius 2 is 1.68 bits per heavy atom. The van der Waals surface area contributed by atoms with E-state index in [9.17, 15) is 4.79 Å². The van der Waals surface area contributed by atoms with Gasteiger partial charge in [-0.1, -0.05) is 55.5 Å². The highest BCUT2D eigenvalue weighted by Crippen LogP contribution is 2.18. The Labute approximate surface area is 132 Å². The molecule has 0 heterocycles. The molecule has 0 spiro atoms. The van der Waals surface area contributed by atoms with Crippen molar-refractivity contribution in [2.24, 2.45) is 0 Å². The first-order valence-corrected chi connectivity index (χ1v) is 7.63. The smallest absolute Gasteiger partial charge is 0.260 e.